The highest BCUT2D eigenvalue weighted by Crippen LogP contribution is 2.43. The van der Waals surface area contributed by atoms with Crippen molar-refractivity contribution in [1.82, 2.24) is 0 Å². The fourth-order valence-electron chi connectivity index (χ4n) is 4.59. The number of phenols is 1. The maximum atomic E-state index is 13.6. The summed E-state index contributed by atoms with van der Waals surface area (Å²) in [5, 5.41) is 11.6. The van der Waals surface area contributed by atoms with E-state index in [9.17, 15) is 14.7 Å². The molecule has 0 fully saturated rings. The molecule has 0 saturated carbocycles. The molecule has 0 aliphatic heterocycles. The van der Waals surface area contributed by atoms with Crippen molar-refractivity contribution >= 4 is 11.6 Å². The van der Waals surface area contributed by atoms with Gasteiger partial charge in [-0.15, -0.1) is 0 Å². The summed E-state index contributed by atoms with van der Waals surface area (Å²) in [5.41, 5.74) is 3.60. The molecule has 3 rings (SSSR count). The van der Waals surface area contributed by atoms with Gasteiger partial charge in [0.15, 0.2) is 11.6 Å². The van der Waals surface area contributed by atoms with Gasteiger partial charge in [-0.1, -0.05) is 102 Å². The zero-order valence-corrected chi connectivity index (χ0v) is 21.9. The highest BCUT2D eigenvalue weighted by atomic mass is 16.3. The second-order valence-electron chi connectivity index (χ2n) is 11.4. The van der Waals surface area contributed by atoms with E-state index >= 15 is 0 Å². The lowest BCUT2D eigenvalue weighted by atomic mass is 9.72. The largest absolute Gasteiger partial charge is 0.507 e. The maximum Gasteiger partial charge on any atom is 0.167 e. The first kappa shape index (κ1) is 26.4. The predicted octanol–water partition coefficient (Wildman–Crippen LogP) is 7.62. The van der Waals surface area contributed by atoms with Gasteiger partial charge in [-0.2, -0.15) is 0 Å². The molecule has 0 heterocycles. The van der Waals surface area contributed by atoms with E-state index in [0.717, 1.165) is 22.3 Å². The summed E-state index contributed by atoms with van der Waals surface area (Å²) in [5.74, 6) is -0.343. The summed E-state index contributed by atoms with van der Waals surface area (Å²) in [6.45, 7) is 12.3. The normalized spacial score (nSPS) is 11.9. The molecule has 0 amide bonds. The Labute approximate surface area is 210 Å². The molecular formula is C32H38O3. The van der Waals surface area contributed by atoms with Crippen LogP contribution in [0.5, 0.6) is 5.75 Å². The monoisotopic (exact) mass is 470 g/mol. The second kappa shape index (κ2) is 10.6. The molecule has 0 radical (unpaired) electrons. The number of benzene rings is 3. The van der Waals surface area contributed by atoms with E-state index in [0.29, 0.717) is 18.4 Å². The number of carbonyl (C=O) groups excluding carboxylic acids is 2. The Morgan fingerprint density at radius 3 is 1.57 bits per heavy atom. The van der Waals surface area contributed by atoms with Crippen LogP contribution in [-0.2, 0) is 23.7 Å². The fourth-order valence-corrected chi connectivity index (χ4v) is 4.59. The number of carbonyl (C=O) groups is 2. The van der Waals surface area contributed by atoms with Crippen molar-refractivity contribution in [2.24, 2.45) is 0 Å². The summed E-state index contributed by atoms with van der Waals surface area (Å²) in [6.07, 6.45) is 1.66. The Bertz CT molecular complexity index is 1180. The Balaban J connectivity index is 2.08. The van der Waals surface area contributed by atoms with Gasteiger partial charge < -0.3 is 5.11 Å². The molecule has 1 N–H and O–H groups in total. The van der Waals surface area contributed by atoms with E-state index in [2.05, 4.69) is 20.8 Å². The van der Waals surface area contributed by atoms with Crippen molar-refractivity contribution in [3.05, 3.63) is 100 Å². The molecule has 184 valence electrons. The number of phenolic OH excluding ortho intramolecular Hbond substituents is 1. The number of aryl methyl sites for hydroxylation is 2. The molecule has 0 saturated heterocycles. The average molecular weight is 471 g/mol. The van der Waals surface area contributed by atoms with Gasteiger partial charge in [0, 0.05) is 24.0 Å². The topological polar surface area (TPSA) is 54.4 Å². The first-order chi connectivity index (χ1) is 16.4. The van der Waals surface area contributed by atoms with Crippen molar-refractivity contribution in [2.75, 3.05) is 0 Å². The van der Waals surface area contributed by atoms with Crippen molar-refractivity contribution in [3.8, 4) is 5.75 Å². The molecule has 0 aliphatic carbocycles. The molecule has 0 aliphatic rings. The second-order valence-corrected chi connectivity index (χ2v) is 11.4. The minimum absolute atomic E-state index is 0.0361. The van der Waals surface area contributed by atoms with E-state index in [1.807, 2.05) is 87.5 Å². The van der Waals surface area contributed by atoms with Gasteiger partial charge in [0.2, 0.25) is 0 Å². The van der Waals surface area contributed by atoms with Crippen LogP contribution >= 0.6 is 0 Å². The standard InChI is InChI=1S/C32H38O3/c1-31(2,3)25-21-24(26(33)19-17-22-13-9-7-10-14-22)28(30(35)29(25)32(4,5)6)27(34)20-18-23-15-11-8-12-16-23/h7-16,21,35H,17-20H2,1-6H3. The summed E-state index contributed by atoms with van der Waals surface area (Å²) in [6, 6.07) is 21.6. The van der Waals surface area contributed by atoms with Crippen LogP contribution < -0.4 is 0 Å². The van der Waals surface area contributed by atoms with Gasteiger partial charge in [0.25, 0.3) is 0 Å². The molecule has 0 bridgehead atoms. The van der Waals surface area contributed by atoms with Gasteiger partial charge >= 0.3 is 0 Å². The minimum Gasteiger partial charge on any atom is -0.507 e. The SMILES string of the molecule is CC(C)(C)c1cc(C(=O)CCc2ccccc2)c(C(=O)CCc2ccccc2)c(O)c1C(C)(C)C. The first-order valence-electron chi connectivity index (χ1n) is 12.4. The third kappa shape index (κ3) is 6.48. The lowest BCUT2D eigenvalue weighted by Crippen LogP contribution is -2.25. The van der Waals surface area contributed by atoms with Crippen LogP contribution in [0.15, 0.2) is 66.7 Å². The molecule has 3 heteroatoms. The highest BCUT2D eigenvalue weighted by Gasteiger charge is 2.34. The lowest BCUT2D eigenvalue weighted by molar-refractivity contribution is 0.0946. The van der Waals surface area contributed by atoms with Crippen molar-refractivity contribution in [1.29, 1.82) is 0 Å². The van der Waals surface area contributed by atoms with E-state index < -0.39 is 5.41 Å². The fraction of sp³-hybridized carbons (Fsp3) is 0.375. The maximum absolute atomic E-state index is 13.6. The van der Waals surface area contributed by atoms with Crippen molar-refractivity contribution in [2.45, 2.75) is 78.1 Å². The van der Waals surface area contributed by atoms with E-state index in [1.54, 1.807) is 0 Å². The van der Waals surface area contributed by atoms with Crippen LogP contribution in [0.1, 0.15) is 97.4 Å². The molecule has 3 nitrogen and oxygen atoms in total. The summed E-state index contributed by atoms with van der Waals surface area (Å²) >= 11 is 0. The summed E-state index contributed by atoms with van der Waals surface area (Å²) in [7, 11) is 0. The van der Waals surface area contributed by atoms with Gasteiger partial charge in [-0.05, 0) is 46.4 Å². The third-order valence-corrected chi connectivity index (χ3v) is 6.41. The van der Waals surface area contributed by atoms with Crippen LogP contribution in [0.2, 0.25) is 0 Å². The molecule has 3 aromatic carbocycles. The van der Waals surface area contributed by atoms with Crippen LogP contribution in [0.25, 0.3) is 0 Å². The Hall–Kier alpha value is -3.20. The lowest BCUT2D eigenvalue weighted by Gasteiger charge is -2.32. The van der Waals surface area contributed by atoms with Crippen molar-refractivity contribution < 1.29 is 14.7 Å². The van der Waals surface area contributed by atoms with Crippen LogP contribution in [-0.4, -0.2) is 16.7 Å². The van der Waals surface area contributed by atoms with Crippen LogP contribution in [0.4, 0.5) is 0 Å². The smallest absolute Gasteiger partial charge is 0.167 e. The van der Waals surface area contributed by atoms with E-state index in [4.69, 9.17) is 0 Å². The summed E-state index contributed by atoms with van der Waals surface area (Å²) < 4.78 is 0. The van der Waals surface area contributed by atoms with Crippen LogP contribution in [0.3, 0.4) is 0 Å². The molecule has 3 aromatic rings. The Morgan fingerprint density at radius 1 is 0.686 bits per heavy atom. The van der Waals surface area contributed by atoms with Gasteiger partial charge in [-0.3, -0.25) is 9.59 Å². The first-order valence-corrected chi connectivity index (χ1v) is 12.4. The van der Waals surface area contributed by atoms with Crippen molar-refractivity contribution in [3.63, 3.8) is 0 Å². The number of rotatable bonds is 8. The van der Waals surface area contributed by atoms with Crippen LogP contribution in [0, 0.1) is 0 Å². The summed E-state index contributed by atoms with van der Waals surface area (Å²) in [4.78, 5) is 27.1. The van der Waals surface area contributed by atoms with Gasteiger partial charge in [-0.25, -0.2) is 0 Å². The Kier molecular flexibility index (Phi) is 8.00. The minimum atomic E-state index is -0.396. The van der Waals surface area contributed by atoms with Gasteiger partial charge in [0.05, 0.1) is 5.56 Å². The third-order valence-electron chi connectivity index (χ3n) is 6.41. The molecule has 35 heavy (non-hydrogen) atoms. The highest BCUT2D eigenvalue weighted by molar-refractivity contribution is 6.11. The number of aromatic hydroxyl groups is 1. The molecular weight excluding hydrogens is 432 g/mol. The molecule has 0 atom stereocenters. The number of hydrogen-bond donors (Lipinski definition) is 1. The Morgan fingerprint density at radius 2 is 1.14 bits per heavy atom. The molecule has 0 spiro atoms. The number of hydrogen-bond acceptors (Lipinski definition) is 3. The zero-order valence-electron chi connectivity index (χ0n) is 21.9. The quantitative estimate of drug-likeness (QED) is 0.345. The zero-order chi connectivity index (χ0) is 25.8. The number of ketones is 2. The van der Waals surface area contributed by atoms with E-state index in [1.165, 1.54) is 0 Å². The molecule has 0 unspecified atom stereocenters. The van der Waals surface area contributed by atoms with Gasteiger partial charge in [0.1, 0.15) is 5.75 Å². The van der Waals surface area contributed by atoms with E-state index in [-0.39, 0.29) is 41.1 Å². The molecule has 0 aromatic heterocycles. The predicted molar refractivity (Wildman–Crippen MR) is 144 cm³/mol. The number of Topliss-reactive ketones (excluding diaryl/α,β-unsaturated/α-hetero) is 2. The average Bonchev–Trinajstić information content (AvgIpc) is 2.80.